The number of fused-ring (bicyclic) bond motifs is 1. The molecule has 0 aromatic heterocycles. The normalized spacial score (nSPS) is 10.5. The van der Waals surface area contributed by atoms with Gasteiger partial charge in [0.15, 0.2) is 5.36 Å². The lowest BCUT2D eigenvalue weighted by atomic mass is 10.2. The fraction of sp³-hybridized carbons (Fsp3) is 0. The van der Waals surface area contributed by atoms with Crippen molar-refractivity contribution < 1.29 is 4.79 Å². The second-order valence-corrected chi connectivity index (χ2v) is 5.12. The smallest absolute Gasteiger partial charge is 0.305 e. The van der Waals surface area contributed by atoms with Crippen LogP contribution < -0.4 is 27.0 Å². The Labute approximate surface area is 134 Å². The minimum atomic E-state index is -0.706. The molecule has 23 heavy (non-hydrogen) atoms. The molecule has 2 amide bonds. The first-order valence-electron chi connectivity index (χ1n) is 6.65. The van der Waals surface area contributed by atoms with Crippen molar-refractivity contribution in [2.45, 2.75) is 0 Å². The minimum Gasteiger partial charge on any atom is -0.305 e. The molecule has 0 aliphatic rings. The second-order valence-electron chi connectivity index (χ2n) is 4.71. The predicted molar refractivity (Wildman–Crippen MR) is 88.0 cm³/mol. The maximum atomic E-state index is 12.1. The Morgan fingerprint density at radius 1 is 0.913 bits per heavy atom. The fourth-order valence-corrected chi connectivity index (χ4v) is 2.34. The number of hydrogen-bond donors (Lipinski definition) is 2. The van der Waals surface area contributed by atoms with E-state index >= 15 is 0 Å². The molecule has 3 aromatic carbocycles. The van der Waals surface area contributed by atoms with Crippen LogP contribution in [0.3, 0.4) is 0 Å². The van der Waals surface area contributed by atoms with E-state index in [0.29, 0.717) is 10.7 Å². The van der Waals surface area contributed by atoms with Gasteiger partial charge < -0.3 is 5.32 Å². The van der Waals surface area contributed by atoms with Gasteiger partial charge in [-0.15, -0.1) is 0 Å². The largest absolute Gasteiger partial charge is 0.339 e. The summed E-state index contributed by atoms with van der Waals surface area (Å²) in [6.45, 7) is 0. The van der Waals surface area contributed by atoms with Crippen molar-refractivity contribution >= 4 is 34.1 Å². The number of carbonyl (C=O) groups excluding carboxylic acids is 1. The summed E-state index contributed by atoms with van der Waals surface area (Å²) in [6.07, 6.45) is 0. The van der Waals surface area contributed by atoms with E-state index in [-0.39, 0.29) is 16.1 Å². The Hall–Kier alpha value is -2.99. The third-order valence-corrected chi connectivity index (χ3v) is 3.57. The highest BCUT2D eigenvalue weighted by atomic mass is 35.5. The van der Waals surface area contributed by atoms with E-state index in [1.54, 1.807) is 48.5 Å². The highest BCUT2D eigenvalue weighted by Crippen LogP contribution is 2.19. The van der Waals surface area contributed by atoms with Gasteiger partial charge >= 0.3 is 6.03 Å². The Morgan fingerprint density at radius 2 is 1.48 bits per heavy atom. The molecular weight excluding hydrogens is 318 g/mol. The van der Waals surface area contributed by atoms with Crippen molar-refractivity contribution in [1.82, 2.24) is 5.43 Å². The minimum absolute atomic E-state index is 0.282. The van der Waals surface area contributed by atoms with Crippen molar-refractivity contribution in [3.8, 4) is 0 Å². The summed E-state index contributed by atoms with van der Waals surface area (Å²) in [6, 6.07) is 12.3. The summed E-state index contributed by atoms with van der Waals surface area (Å²) in [5.74, 6) is 0. The summed E-state index contributed by atoms with van der Waals surface area (Å²) in [4.78, 5) is 36.0. The highest BCUT2D eigenvalue weighted by molar-refractivity contribution is 6.33. The fourth-order valence-electron chi connectivity index (χ4n) is 2.16. The van der Waals surface area contributed by atoms with Gasteiger partial charge in [0.1, 0.15) is 0 Å². The van der Waals surface area contributed by atoms with Gasteiger partial charge in [0.25, 0.3) is 0 Å². The zero-order valence-electron chi connectivity index (χ0n) is 11.7. The molecule has 0 heterocycles. The summed E-state index contributed by atoms with van der Waals surface area (Å²) < 4.78 is 0. The van der Waals surface area contributed by atoms with Crippen LogP contribution in [-0.2, 0) is 0 Å². The number of carbonyl (C=O) groups is 1. The Balaban J connectivity index is 1.89. The first-order valence-corrected chi connectivity index (χ1v) is 7.03. The van der Waals surface area contributed by atoms with Crippen molar-refractivity contribution in [3.05, 3.63) is 79.4 Å². The molecular formula is C16H10ClN3O3. The number of benzene rings is 2. The first kappa shape index (κ1) is 14.9. The second kappa shape index (κ2) is 6.02. The van der Waals surface area contributed by atoms with E-state index in [9.17, 15) is 14.4 Å². The van der Waals surface area contributed by atoms with Gasteiger partial charge in [-0.3, -0.25) is 9.59 Å². The molecule has 0 aliphatic carbocycles. The standard InChI is InChI=1S/C16H10ClN3O3/c17-11-7-3-4-8-12(11)18-16(23)20-19-13-14(21)9-5-1-2-6-10(9)15(13)22/h1-8H,(H2,18,20,23). The van der Waals surface area contributed by atoms with Crippen molar-refractivity contribution in [2.75, 3.05) is 5.32 Å². The molecule has 0 saturated carbocycles. The van der Waals surface area contributed by atoms with E-state index in [1.807, 2.05) is 0 Å². The Bertz CT molecular complexity index is 1000. The predicted octanol–water partition coefficient (Wildman–Crippen LogP) is 1.73. The van der Waals surface area contributed by atoms with Crippen LogP contribution >= 0.6 is 11.6 Å². The van der Waals surface area contributed by atoms with Crippen LogP contribution in [0.4, 0.5) is 10.5 Å². The third-order valence-electron chi connectivity index (χ3n) is 3.24. The van der Waals surface area contributed by atoms with Crippen molar-refractivity contribution in [1.29, 1.82) is 0 Å². The van der Waals surface area contributed by atoms with Crippen LogP contribution in [0.15, 0.2) is 63.2 Å². The summed E-state index contributed by atoms with van der Waals surface area (Å²) >= 11 is 5.92. The maximum Gasteiger partial charge on any atom is 0.339 e. The molecule has 0 fully saturated rings. The van der Waals surface area contributed by atoms with Crippen LogP contribution in [-0.4, -0.2) is 6.03 Å². The molecule has 0 atom stereocenters. The van der Waals surface area contributed by atoms with Crippen molar-refractivity contribution in [3.63, 3.8) is 0 Å². The van der Waals surface area contributed by atoms with Gasteiger partial charge in [-0.1, -0.05) is 48.0 Å². The molecule has 114 valence electrons. The molecule has 0 radical (unpaired) electrons. The quantitative estimate of drug-likeness (QED) is 0.703. The van der Waals surface area contributed by atoms with Crippen LogP contribution in [0, 0.1) is 0 Å². The average Bonchev–Trinajstić information content (AvgIpc) is 2.80. The summed E-state index contributed by atoms with van der Waals surface area (Å²) in [5, 5.41) is 6.71. The number of halogens is 1. The molecule has 0 spiro atoms. The number of hydrogen-bond acceptors (Lipinski definition) is 4. The number of nitrogens with one attached hydrogen (secondary N) is 2. The van der Waals surface area contributed by atoms with Gasteiger partial charge in [-0.2, -0.15) is 5.10 Å². The van der Waals surface area contributed by atoms with E-state index < -0.39 is 16.9 Å². The zero-order chi connectivity index (χ0) is 16.4. The lowest BCUT2D eigenvalue weighted by molar-refractivity contribution is 0.252. The molecule has 6 nitrogen and oxygen atoms in total. The van der Waals surface area contributed by atoms with E-state index in [1.165, 1.54) is 0 Å². The molecule has 0 unspecified atom stereocenters. The van der Waals surface area contributed by atoms with Gasteiger partial charge in [0.2, 0.25) is 10.9 Å². The monoisotopic (exact) mass is 327 g/mol. The molecule has 0 saturated heterocycles. The molecule has 0 aliphatic heterocycles. The average molecular weight is 328 g/mol. The van der Waals surface area contributed by atoms with Gasteiger partial charge in [-0.05, 0) is 12.1 Å². The number of nitrogens with zero attached hydrogens (tertiary/aromatic N) is 1. The molecule has 3 aromatic rings. The highest BCUT2D eigenvalue weighted by Gasteiger charge is 2.10. The topological polar surface area (TPSA) is 87.6 Å². The number of anilines is 1. The number of urea groups is 1. The SMILES string of the molecule is O=C(NN=c1c(=O)c2ccccc2c1=O)Nc1ccccc1Cl. The molecule has 2 N–H and O–H groups in total. The Morgan fingerprint density at radius 3 is 2.09 bits per heavy atom. The number of amides is 2. The van der Waals surface area contributed by atoms with E-state index in [0.717, 1.165) is 0 Å². The lowest BCUT2D eigenvalue weighted by Crippen LogP contribution is -2.36. The van der Waals surface area contributed by atoms with Gasteiger partial charge in [0, 0.05) is 10.8 Å². The van der Waals surface area contributed by atoms with E-state index in [2.05, 4.69) is 15.8 Å². The number of rotatable bonds is 2. The van der Waals surface area contributed by atoms with Crippen LogP contribution in [0.1, 0.15) is 0 Å². The Kier molecular flexibility index (Phi) is 3.91. The maximum absolute atomic E-state index is 12.1. The lowest BCUT2D eigenvalue weighted by Gasteiger charge is -2.05. The van der Waals surface area contributed by atoms with Crippen LogP contribution in [0.25, 0.3) is 10.8 Å². The molecule has 0 bridgehead atoms. The van der Waals surface area contributed by atoms with Crippen LogP contribution in [0.5, 0.6) is 0 Å². The summed E-state index contributed by atoms with van der Waals surface area (Å²) in [7, 11) is 0. The van der Waals surface area contributed by atoms with Gasteiger partial charge in [-0.25, -0.2) is 10.2 Å². The first-order chi connectivity index (χ1) is 11.1. The van der Waals surface area contributed by atoms with Gasteiger partial charge in [0.05, 0.1) is 10.7 Å². The van der Waals surface area contributed by atoms with E-state index in [4.69, 9.17) is 11.6 Å². The number of para-hydroxylation sites is 1. The zero-order valence-corrected chi connectivity index (χ0v) is 12.4. The van der Waals surface area contributed by atoms with Crippen LogP contribution in [0.2, 0.25) is 5.02 Å². The third kappa shape index (κ3) is 2.84. The summed E-state index contributed by atoms with van der Waals surface area (Å²) in [5.41, 5.74) is 1.50. The molecule has 3 rings (SSSR count). The molecule has 7 heteroatoms. The van der Waals surface area contributed by atoms with Crippen molar-refractivity contribution in [2.24, 2.45) is 5.10 Å².